The molecule has 1 saturated heterocycles. The topological polar surface area (TPSA) is 58.3 Å². The van der Waals surface area contributed by atoms with Gasteiger partial charge in [0.1, 0.15) is 0 Å². The predicted molar refractivity (Wildman–Crippen MR) is 112 cm³/mol. The van der Waals surface area contributed by atoms with Gasteiger partial charge in [0, 0.05) is 44.8 Å². The fourth-order valence-electron chi connectivity index (χ4n) is 3.44. The number of nitrogens with zero attached hydrogens (tertiary/aromatic N) is 5. The van der Waals surface area contributed by atoms with Crippen LogP contribution < -0.4 is 5.32 Å². The lowest BCUT2D eigenvalue weighted by molar-refractivity contribution is -0.122. The van der Waals surface area contributed by atoms with Gasteiger partial charge in [0.25, 0.3) is 0 Å². The summed E-state index contributed by atoms with van der Waals surface area (Å²) in [4.78, 5) is 16.5. The highest BCUT2D eigenvalue weighted by atomic mass is 35.5. The summed E-state index contributed by atoms with van der Waals surface area (Å²) in [5.41, 5.74) is 0.878. The van der Waals surface area contributed by atoms with Crippen molar-refractivity contribution >= 4 is 29.7 Å². The van der Waals surface area contributed by atoms with Crippen molar-refractivity contribution < 1.29 is 4.79 Å². The fourth-order valence-corrected chi connectivity index (χ4v) is 3.84. The van der Waals surface area contributed by atoms with Crippen LogP contribution in [0.2, 0.25) is 5.02 Å². The molecule has 0 radical (unpaired) electrons. The maximum atomic E-state index is 12.0. The van der Waals surface area contributed by atoms with Crippen LogP contribution in [0, 0.1) is 4.77 Å². The average Bonchev–Trinajstić information content (AvgIpc) is 3.45. The average molecular weight is 421 g/mol. The second-order valence-corrected chi connectivity index (χ2v) is 8.29. The Labute approximate surface area is 174 Å². The first kappa shape index (κ1) is 19.6. The van der Waals surface area contributed by atoms with Crippen LogP contribution in [0.1, 0.15) is 12.8 Å². The maximum Gasteiger partial charge on any atom is 0.234 e. The Balaban J connectivity index is 1.36. The minimum atomic E-state index is 0.146. The lowest BCUT2D eigenvalue weighted by atomic mass is 10.2. The number of carbonyl (C=O) groups excluding carboxylic acids is 1. The monoisotopic (exact) mass is 420 g/mol. The highest BCUT2D eigenvalue weighted by molar-refractivity contribution is 7.71. The summed E-state index contributed by atoms with van der Waals surface area (Å²) in [5.74, 6) is 0.915. The van der Waals surface area contributed by atoms with Gasteiger partial charge in [-0.3, -0.25) is 14.6 Å². The summed E-state index contributed by atoms with van der Waals surface area (Å²) >= 11 is 11.9. The van der Waals surface area contributed by atoms with Gasteiger partial charge in [0.05, 0.1) is 18.2 Å². The van der Waals surface area contributed by atoms with Crippen molar-refractivity contribution in [1.82, 2.24) is 29.5 Å². The normalized spacial score (nSPS) is 18.4. The first-order chi connectivity index (χ1) is 13.5. The van der Waals surface area contributed by atoms with Gasteiger partial charge in [-0.25, -0.2) is 4.68 Å². The van der Waals surface area contributed by atoms with E-state index in [1.54, 1.807) is 0 Å². The Kier molecular flexibility index (Phi) is 5.82. The number of hydrogen-bond donors (Lipinski definition) is 1. The molecule has 2 heterocycles. The van der Waals surface area contributed by atoms with Crippen molar-refractivity contribution in [2.24, 2.45) is 7.05 Å². The van der Waals surface area contributed by atoms with Crippen LogP contribution in [0.3, 0.4) is 0 Å². The highest BCUT2D eigenvalue weighted by Gasteiger charge is 2.25. The molecule has 1 N–H and O–H groups in total. The van der Waals surface area contributed by atoms with Crippen LogP contribution >= 0.6 is 23.8 Å². The molecule has 2 fully saturated rings. The molecule has 150 valence electrons. The van der Waals surface area contributed by atoms with Gasteiger partial charge in [0.15, 0.2) is 10.6 Å². The van der Waals surface area contributed by atoms with Crippen LogP contribution in [0.5, 0.6) is 0 Å². The minimum absolute atomic E-state index is 0.146. The molecule has 1 aromatic heterocycles. The number of halogens is 1. The molecule has 2 aliphatic rings. The van der Waals surface area contributed by atoms with Gasteiger partial charge in [-0.1, -0.05) is 23.7 Å². The molecule has 1 aliphatic carbocycles. The van der Waals surface area contributed by atoms with Crippen LogP contribution in [0.15, 0.2) is 24.3 Å². The zero-order chi connectivity index (χ0) is 19.7. The summed E-state index contributed by atoms with van der Waals surface area (Å²) in [5, 5.41) is 8.43. The summed E-state index contributed by atoms with van der Waals surface area (Å²) in [6.45, 7) is 4.64. The van der Waals surface area contributed by atoms with E-state index < -0.39 is 0 Å². The van der Waals surface area contributed by atoms with Gasteiger partial charge in [-0.2, -0.15) is 5.10 Å². The van der Waals surface area contributed by atoms with E-state index in [1.165, 1.54) is 0 Å². The Morgan fingerprint density at radius 3 is 2.57 bits per heavy atom. The van der Waals surface area contributed by atoms with Crippen LogP contribution in [0.4, 0.5) is 0 Å². The van der Waals surface area contributed by atoms with Gasteiger partial charge in [-0.05, 0) is 37.2 Å². The summed E-state index contributed by atoms with van der Waals surface area (Å²) in [7, 11) is 1.92. The number of carbonyl (C=O) groups is 1. The van der Waals surface area contributed by atoms with E-state index in [9.17, 15) is 4.79 Å². The summed E-state index contributed by atoms with van der Waals surface area (Å²) in [6, 6.07) is 8.09. The molecule has 0 bridgehead atoms. The first-order valence-electron chi connectivity index (χ1n) is 9.64. The standard InChI is InChI=1S/C19H25ClN6OS/c1-23-18(15-4-2-3-5-16(15)20)22-26(19(23)28)13-25-10-8-24(9-11-25)12-17(27)21-14-6-7-14/h2-5,14H,6-13H2,1H3,(H,21,27). The van der Waals surface area contributed by atoms with Crippen molar-refractivity contribution in [1.29, 1.82) is 0 Å². The van der Waals surface area contributed by atoms with Crippen molar-refractivity contribution in [2.75, 3.05) is 32.7 Å². The third kappa shape index (κ3) is 4.46. The van der Waals surface area contributed by atoms with E-state index in [-0.39, 0.29) is 5.91 Å². The van der Waals surface area contributed by atoms with E-state index in [2.05, 4.69) is 15.1 Å². The SMILES string of the molecule is Cn1c(-c2ccccc2Cl)nn(CN2CCN(CC(=O)NC3CC3)CC2)c1=S. The van der Waals surface area contributed by atoms with Crippen molar-refractivity contribution in [2.45, 2.75) is 25.6 Å². The second-order valence-electron chi connectivity index (χ2n) is 7.52. The number of aromatic nitrogens is 3. The van der Waals surface area contributed by atoms with Crippen molar-refractivity contribution in [3.05, 3.63) is 34.1 Å². The Morgan fingerprint density at radius 1 is 1.21 bits per heavy atom. The predicted octanol–water partition coefficient (Wildman–Crippen LogP) is 2.13. The molecule has 1 aliphatic heterocycles. The zero-order valence-corrected chi connectivity index (χ0v) is 17.5. The lowest BCUT2D eigenvalue weighted by Gasteiger charge is -2.33. The summed E-state index contributed by atoms with van der Waals surface area (Å²) < 4.78 is 4.42. The first-order valence-corrected chi connectivity index (χ1v) is 10.4. The largest absolute Gasteiger partial charge is 0.352 e. The van der Waals surface area contributed by atoms with E-state index >= 15 is 0 Å². The third-order valence-electron chi connectivity index (χ3n) is 5.26. The van der Waals surface area contributed by atoms with E-state index in [4.69, 9.17) is 28.9 Å². The minimum Gasteiger partial charge on any atom is -0.352 e. The summed E-state index contributed by atoms with van der Waals surface area (Å²) in [6.07, 6.45) is 2.25. The fraction of sp³-hybridized carbons (Fsp3) is 0.526. The van der Waals surface area contributed by atoms with Crippen molar-refractivity contribution in [3.8, 4) is 11.4 Å². The molecule has 0 atom stereocenters. The van der Waals surface area contributed by atoms with Crippen LogP contribution in [0.25, 0.3) is 11.4 Å². The number of rotatable bonds is 6. The Hall–Kier alpha value is -1.74. The Morgan fingerprint density at radius 2 is 1.89 bits per heavy atom. The molecule has 9 heteroatoms. The molecule has 1 saturated carbocycles. The second kappa shape index (κ2) is 8.32. The van der Waals surface area contributed by atoms with Crippen LogP contribution in [-0.4, -0.2) is 68.8 Å². The number of nitrogens with one attached hydrogen (secondary N) is 1. The number of hydrogen-bond acceptors (Lipinski definition) is 5. The number of piperazine rings is 1. The molecule has 7 nitrogen and oxygen atoms in total. The quantitative estimate of drug-likeness (QED) is 0.725. The molecular formula is C19H25ClN6OS. The molecule has 4 rings (SSSR count). The van der Waals surface area contributed by atoms with E-state index in [1.807, 2.05) is 40.6 Å². The third-order valence-corrected chi connectivity index (χ3v) is 6.08. The molecule has 0 spiro atoms. The van der Waals surface area contributed by atoms with Gasteiger partial charge >= 0.3 is 0 Å². The number of amides is 1. The van der Waals surface area contributed by atoms with Crippen LogP contribution in [-0.2, 0) is 18.5 Å². The highest BCUT2D eigenvalue weighted by Crippen LogP contribution is 2.26. The molecule has 1 aromatic carbocycles. The smallest absolute Gasteiger partial charge is 0.234 e. The van der Waals surface area contributed by atoms with Gasteiger partial charge < -0.3 is 9.88 Å². The molecule has 0 unspecified atom stereocenters. The maximum absolute atomic E-state index is 12.0. The molecule has 1 amide bonds. The zero-order valence-electron chi connectivity index (χ0n) is 16.0. The van der Waals surface area contributed by atoms with E-state index in [0.717, 1.165) is 50.4 Å². The van der Waals surface area contributed by atoms with Crippen molar-refractivity contribution in [3.63, 3.8) is 0 Å². The van der Waals surface area contributed by atoms with Gasteiger partial charge in [-0.15, -0.1) is 0 Å². The molecule has 28 heavy (non-hydrogen) atoms. The molecule has 2 aromatic rings. The number of benzene rings is 1. The van der Waals surface area contributed by atoms with E-state index in [0.29, 0.717) is 29.0 Å². The lowest BCUT2D eigenvalue weighted by Crippen LogP contribution is -2.49. The molecular weight excluding hydrogens is 396 g/mol. The van der Waals surface area contributed by atoms with Gasteiger partial charge in [0.2, 0.25) is 5.91 Å². The Bertz CT molecular complexity index is 913.